The number of rotatable bonds is 5. The fourth-order valence-electron chi connectivity index (χ4n) is 2.29. The van der Waals surface area contributed by atoms with Gasteiger partial charge >= 0.3 is 0 Å². The van der Waals surface area contributed by atoms with Crippen LogP contribution < -0.4 is 5.32 Å². The second-order valence-electron chi connectivity index (χ2n) is 5.48. The number of benzene rings is 2. The molecule has 1 N–H and O–H groups in total. The van der Waals surface area contributed by atoms with Crippen molar-refractivity contribution < 1.29 is 9.21 Å². The predicted molar refractivity (Wildman–Crippen MR) is 100 cm³/mol. The summed E-state index contributed by atoms with van der Waals surface area (Å²) in [7, 11) is 0. The summed E-state index contributed by atoms with van der Waals surface area (Å²) >= 11 is 7.06. The van der Waals surface area contributed by atoms with E-state index in [4.69, 9.17) is 16.0 Å². The van der Waals surface area contributed by atoms with Crippen molar-refractivity contribution >= 4 is 35.0 Å². The summed E-state index contributed by atoms with van der Waals surface area (Å²) in [5.74, 6) is 0.471. The molecular formula is C18H16ClN3O2S. The highest BCUT2D eigenvalue weighted by Crippen LogP contribution is 2.25. The molecule has 0 aliphatic rings. The van der Waals surface area contributed by atoms with Crippen molar-refractivity contribution in [3.05, 3.63) is 58.6 Å². The Hall–Kier alpha value is -2.31. The number of hydrogen-bond donors (Lipinski definition) is 1. The molecule has 3 rings (SSSR count). The minimum absolute atomic E-state index is 0.117. The number of amides is 1. The lowest BCUT2D eigenvalue weighted by Gasteiger charge is -2.10. The Morgan fingerprint density at radius 2 is 1.80 bits per heavy atom. The Morgan fingerprint density at radius 1 is 1.12 bits per heavy atom. The van der Waals surface area contributed by atoms with Crippen LogP contribution in [0.5, 0.6) is 0 Å². The maximum Gasteiger partial charge on any atom is 0.277 e. The van der Waals surface area contributed by atoms with Crippen LogP contribution in [-0.2, 0) is 4.79 Å². The number of halogens is 1. The third kappa shape index (κ3) is 4.41. The van der Waals surface area contributed by atoms with E-state index >= 15 is 0 Å². The summed E-state index contributed by atoms with van der Waals surface area (Å²) in [5, 5.41) is 11.9. The van der Waals surface area contributed by atoms with Crippen LogP contribution in [-0.4, -0.2) is 21.9 Å². The number of hydrogen-bond acceptors (Lipinski definition) is 5. The number of anilines is 1. The van der Waals surface area contributed by atoms with Crippen molar-refractivity contribution in [3.8, 4) is 11.5 Å². The maximum atomic E-state index is 12.2. The fourth-order valence-corrected chi connectivity index (χ4v) is 2.98. The van der Waals surface area contributed by atoms with E-state index in [0.29, 0.717) is 16.1 Å². The van der Waals surface area contributed by atoms with Gasteiger partial charge in [-0.25, -0.2) is 0 Å². The number of nitrogens with zero attached hydrogens (tertiary/aromatic N) is 2. The average molecular weight is 374 g/mol. The number of nitrogens with one attached hydrogen (secondary N) is 1. The zero-order chi connectivity index (χ0) is 17.8. The van der Waals surface area contributed by atoms with Gasteiger partial charge in [-0.05, 0) is 49.2 Å². The molecule has 5 nitrogen and oxygen atoms in total. The molecule has 0 fully saturated rings. The first-order valence-corrected chi connectivity index (χ1v) is 8.97. The number of aryl methyl sites for hydroxylation is 2. The molecule has 128 valence electrons. The van der Waals surface area contributed by atoms with Gasteiger partial charge in [-0.3, -0.25) is 4.79 Å². The second kappa shape index (κ2) is 7.72. The molecule has 7 heteroatoms. The Bertz CT molecular complexity index is 873. The topological polar surface area (TPSA) is 68.0 Å². The van der Waals surface area contributed by atoms with E-state index in [2.05, 4.69) is 15.5 Å². The van der Waals surface area contributed by atoms with Crippen molar-refractivity contribution in [3.63, 3.8) is 0 Å². The van der Waals surface area contributed by atoms with Crippen LogP contribution >= 0.6 is 23.4 Å². The van der Waals surface area contributed by atoms with E-state index in [1.807, 2.05) is 32.0 Å². The van der Waals surface area contributed by atoms with Gasteiger partial charge in [-0.1, -0.05) is 41.6 Å². The first-order valence-electron chi connectivity index (χ1n) is 7.61. The second-order valence-corrected chi connectivity index (χ2v) is 6.85. The van der Waals surface area contributed by atoms with Crippen molar-refractivity contribution in [2.45, 2.75) is 19.1 Å². The molecule has 1 amide bonds. The number of carbonyl (C=O) groups excluding carboxylic acids is 1. The first kappa shape index (κ1) is 17.5. The largest absolute Gasteiger partial charge is 0.411 e. The molecule has 0 saturated heterocycles. The standard InChI is InChI=1S/C18H16ClN3O2S/c1-11-4-3-5-12(2)16(11)20-15(23)10-25-18-22-21-17(24-18)13-6-8-14(19)9-7-13/h3-9H,10H2,1-2H3,(H,20,23). The molecule has 0 aliphatic heterocycles. The number of carbonyl (C=O) groups is 1. The highest BCUT2D eigenvalue weighted by molar-refractivity contribution is 7.99. The average Bonchev–Trinajstić information content (AvgIpc) is 3.06. The molecule has 25 heavy (non-hydrogen) atoms. The molecule has 2 aromatic carbocycles. The molecule has 0 unspecified atom stereocenters. The Labute approximate surface area is 154 Å². The van der Waals surface area contributed by atoms with Gasteiger partial charge in [0.05, 0.1) is 5.75 Å². The van der Waals surface area contributed by atoms with E-state index in [-0.39, 0.29) is 11.7 Å². The molecular weight excluding hydrogens is 358 g/mol. The van der Waals surface area contributed by atoms with Gasteiger partial charge in [0.25, 0.3) is 5.22 Å². The SMILES string of the molecule is Cc1cccc(C)c1NC(=O)CSc1nnc(-c2ccc(Cl)cc2)o1. The Kier molecular flexibility index (Phi) is 5.40. The van der Waals surface area contributed by atoms with Crippen LogP contribution in [0.3, 0.4) is 0 Å². The Balaban J connectivity index is 1.60. The summed E-state index contributed by atoms with van der Waals surface area (Å²) in [6.45, 7) is 3.93. The Morgan fingerprint density at radius 3 is 2.48 bits per heavy atom. The van der Waals surface area contributed by atoms with Crippen LogP contribution in [0.4, 0.5) is 5.69 Å². The van der Waals surface area contributed by atoms with Crippen LogP contribution in [0, 0.1) is 13.8 Å². The van der Waals surface area contributed by atoms with E-state index in [1.54, 1.807) is 24.3 Å². The van der Waals surface area contributed by atoms with Crippen molar-refractivity contribution in [1.29, 1.82) is 0 Å². The highest BCUT2D eigenvalue weighted by Gasteiger charge is 2.12. The minimum atomic E-state index is -0.117. The molecule has 0 bridgehead atoms. The summed E-state index contributed by atoms with van der Waals surface area (Å²) in [6.07, 6.45) is 0. The molecule has 1 heterocycles. The fraction of sp³-hybridized carbons (Fsp3) is 0.167. The normalized spacial score (nSPS) is 10.7. The number of thioether (sulfide) groups is 1. The molecule has 0 radical (unpaired) electrons. The molecule has 0 aliphatic carbocycles. The molecule has 0 spiro atoms. The van der Waals surface area contributed by atoms with Gasteiger partial charge in [0.15, 0.2) is 0 Å². The molecule has 3 aromatic rings. The van der Waals surface area contributed by atoms with E-state index in [9.17, 15) is 4.79 Å². The zero-order valence-corrected chi connectivity index (χ0v) is 15.3. The summed E-state index contributed by atoms with van der Waals surface area (Å²) in [5.41, 5.74) is 3.69. The van der Waals surface area contributed by atoms with Gasteiger partial charge in [0.2, 0.25) is 11.8 Å². The summed E-state index contributed by atoms with van der Waals surface area (Å²) in [4.78, 5) is 12.2. The van der Waals surface area contributed by atoms with Gasteiger partial charge in [-0.15, -0.1) is 10.2 Å². The molecule has 0 saturated carbocycles. The van der Waals surface area contributed by atoms with E-state index in [1.165, 1.54) is 11.8 Å². The molecule has 1 aromatic heterocycles. The van der Waals surface area contributed by atoms with E-state index in [0.717, 1.165) is 22.4 Å². The quantitative estimate of drug-likeness (QED) is 0.654. The van der Waals surface area contributed by atoms with Crippen molar-refractivity contribution in [2.75, 3.05) is 11.1 Å². The monoisotopic (exact) mass is 373 g/mol. The lowest BCUT2D eigenvalue weighted by molar-refractivity contribution is -0.113. The zero-order valence-electron chi connectivity index (χ0n) is 13.7. The third-order valence-corrected chi connectivity index (χ3v) is 4.64. The van der Waals surface area contributed by atoms with Gasteiger partial charge in [-0.2, -0.15) is 0 Å². The lowest BCUT2D eigenvalue weighted by Crippen LogP contribution is -2.15. The minimum Gasteiger partial charge on any atom is -0.411 e. The van der Waals surface area contributed by atoms with Crippen molar-refractivity contribution in [1.82, 2.24) is 10.2 Å². The van der Waals surface area contributed by atoms with Crippen LogP contribution in [0.25, 0.3) is 11.5 Å². The van der Waals surface area contributed by atoms with E-state index < -0.39 is 0 Å². The van der Waals surface area contributed by atoms with Crippen LogP contribution in [0.1, 0.15) is 11.1 Å². The van der Waals surface area contributed by atoms with Gasteiger partial charge < -0.3 is 9.73 Å². The van der Waals surface area contributed by atoms with Crippen LogP contribution in [0.15, 0.2) is 52.1 Å². The van der Waals surface area contributed by atoms with Gasteiger partial charge in [0.1, 0.15) is 0 Å². The van der Waals surface area contributed by atoms with Gasteiger partial charge in [0, 0.05) is 16.3 Å². The van der Waals surface area contributed by atoms with Crippen LogP contribution in [0.2, 0.25) is 5.02 Å². The lowest BCUT2D eigenvalue weighted by atomic mass is 10.1. The smallest absolute Gasteiger partial charge is 0.277 e. The number of para-hydroxylation sites is 1. The predicted octanol–water partition coefficient (Wildman–Crippen LogP) is 4.74. The molecule has 0 atom stereocenters. The van der Waals surface area contributed by atoms with Crippen molar-refractivity contribution in [2.24, 2.45) is 0 Å². The maximum absolute atomic E-state index is 12.2. The summed E-state index contributed by atoms with van der Waals surface area (Å²) in [6, 6.07) is 13.0. The first-order chi connectivity index (χ1) is 12.0. The summed E-state index contributed by atoms with van der Waals surface area (Å²) < 4.78 is 5.58. The third-order valence-electron chi connectivity index (χ3n) is 3.57. The highest BCUT2D eigenvalue weighted by atomic mass is 35.5. The number of aromatic nitrogens is 2.